The van der Waals surface area contributed by atoms with E-state index in [9.17, 15) is 22.0 Å². The Hall–Kier alpha value is -2.68. The fourth-order valence-electron chi connectivity index (χ4n) is 2.18. The molecule has 0 unspecified atom stereocenters. The fraction of sp³-hybridized carbons (Fsp3) is 0.235. The van der Waals surface area contributed by atoms with Gasteiger partial charge in [-0.3, -0.25) is 5.43 Å². The lowest BCUT2D eigenvalue weighted by Gasteiger charge is -2.11. The molecule has 0 aliphatic heterocycles. The molecular formula is C17H15F5N2O2. The van der Waals surface area contributed by atoms with Gasteiger partial charge in [0.05, 0.1) is 19.4 Å². The molecule has 0 radical (unpaired) electrons. The molecule has 0 aliphatic carbocycles. The van der Waals surface area contributed by atoms with Crippen LogP contribution < -0.4 is 10.2 Å². The van der Waals surface area contributed by atoms with Gasteiger partial charge in [-0.2, -0.15) is 5.10 Å². The highest BCUT2D eigenvalue weighted by Gasteiger charge is 2.25. The van der Waals surface area contributed by atoms with Crippen molar-refractivity contribution >= 4 is 11.4 Å². The van der Waals surface area contributed by atoms with E-state index in [0.717, 1.165) is 0 Å². The first kappa shape index (κ1) is 19.6. The fourth-order valence-corrected chi connectivity index (χ4v) is 2.18. The van der Waals surface area contributed by atoms with Gasteiger partial charge in [0.25, 0.3) is 0 Å². The van der Waals surface area contributed by atoms with Crippen LogP contribution in [0.15, 0.2) is 23.3 Å². The zero-order valence-corrected chi connectivity index (χ0v) is 14.1. The first-order chi connectivity index (χ1) is 12.3. The van der Waals surface area contributed by atoms with Gasteiger partial charge in [0, 0.05) is 12.7 Å². The summed E-state index contributed by atoms with van der Waals surface area (Å²) in [5, 5.41) is 3.70. The van der Waals surface area contributed by atoms with E-state index in [1.165, 1.54) is 21.1 Å². The molecule has 0 aliphatic rings. The molecule has 2 aromatic rings. The molecule has 2 rings (SSSR count). The number of nitrogens with zero attached hydrogens (tertiary/aromatic N) is 1. The number of anilines is 1. The molecule has 9 heteroatoms. The number of ether oxygens (including phenoxy) is 2. The monoisotopic (exact) mass is 374 g/mol. The lowest BCUT2D eigenvalue weighted by molar-refractivity contribution is 0.181. The van der Waals surface area contributed by atoms with Crippen molar-refractivity contribution < 1.29 is 31.4 Å². The summed E-state index contributed by atoms with van der Waals surface area (Å²) in [6.45, 7) is 1.74. The van der Waals surface area contributed by atoms with Gasteiger partial charge in [-0.15, -0.1) is 0 Å². The number of rotatable bonds is 6. The largest absolute Gasteiger partial charge is 0.496 e. The Kier molecular flexibility index (Phi) is 6.14. The second-order valence-corrected chi connectivity index (χ2v) is 5.21. The smallest absolute Gasteiger partial charge is 0.200 e. The number of benzene rings is 2. The highest BCUT2D eigenvalue weighted by atomic mass is 19.2. The van der Waals surface area contributed by atoms with E-state index in [-0.39, 0.29) is 12.3 Å². The maximum Gasteiger partial charge on any atom is 0.200 e. The highest BCUT2D eigenvalue weighted by Crippen LogP contribution is 2.27. The summed E-state index contributed by atoms with van der Waals surface area (Å²) in [4.78, 5) is 0. The molecule has 26 heavy (non-hydrogen) atoms. The van der Waals surface area contributed by atoms with Crippen LogP contribution in [-0.4, -0.2) is 19.9 Å². The summed E-state index contributed by atoms with van der Waals surface area (Å²) in [6, 6.07) is 4.93. The van der Waals surface area contributed by atoms with Crippen LogP contribution in [0, 0.1) is 29.1 Å². The SMILES string of the molecule is COCc1cc(/C(C)=N\Nc2c(F)c(F)c(F)c(F)c2F)ccc1OC. The molecule has 0 saturated carbocycles. The third kappa shape index (κ3) is 3.77. The third-order valence-electron chi connectivity index (χ3n) is 3.54. The Labute approximate surface area is 146 Å². The minimum Gasteiger partial charge on any atom is -0.496 e. The van der Waals surface area contributed by atoms with Crippen LogP contribution in [0.5, 0.6) is 5.75 Å². The molecule has 4 nitrogen and oxygen atoms in total. The van der Waals surface area contributed by atoms with E-state index in [1.807, 2.05) is 5.43 Å². The lowest BCUT2D eigenvalue weighted by atomic mass is 10.1. The maximum atomic E-state index is 13.6. The number of methoxy groups -OCH3 is 2. The summed E-state index contributed by atoms with van der Waals surface area (Å²) in [5.74, 6) is -9.75. The lowest BCUT2D eigenvalue weighted by Crippen LogP contribution is -2.08. The van der Waals surface area contributed by atoms with Crippen LogP contribution in [-0.2, 0) is 11.3 Å². The van der Waals surface area contributed by atoms with Gasteiger partial charge in [-0.25, -0.2) is 22.0 Å². The van der Waals surface area contributed by atoms with Gasteiger partial charge < -0.3 is 9.47 Å². The standard InChI is InChI=1S/C17H15F5N2O2/c1-8(9-4-5-11(26-3)10(6-9)7-25-2)23-24-17-15(21)13(19)12(18)14(20)16(17)22/h4-6,24H,7H2,1-3H3/b23-8-. The Morgan fingerprint density at radius 3 is 2.08 bits per heavy atom. The van der Waals surface area contributed by atoms with Gasteiger partial charge in [-0.05, 0) is 30.7 Å². The van der Waals surface area contributed by atoms with E-state index < -0.39 is 34.8 Å². The molecule has 0 fully saturated rings. The number of nitrogens with one attached hydrogen (secondary N) is 1. The molecule has 0 heterocycles. The summed E-state index contributed by atoms with van der Waals surface area (Å²) in [6.07, 6.45) is 0. The van der Waals surface area contributed by atoms with Crippen LogP contribution in [0.25, 0.3) is 0 Å². The normalized spacial score (nSPS) is 11.6. The topological polar surface area (TPSA) is 42.8 Å². The van der Waals surface area contributed by atoms with Crippen LogP contribution in [0.4, 0.5) is 27.6 Å². The predicted octanol–water partition coefficient (Wildman–Crippen LogP) is 4.37. The van der Waals surface area contributed by atoms with E-state index in [2.05, 4.69) is 5.10 Å². The van der Waals surface area contributed by atoms with Crippen molar-refractivity contribution in [2.45, 2.75) is 13.5 Å². The minimum atomic E-state index is -2.23. The minimum absolute atomic E-state index is 0.244. The second kappa shape index (κ2) is 8.13. The number of hydrazone groups is 1. The average Bonchev–Trinajstić information content (AvgIpc) is 2.64. The number of hydrogen-bond donors (Lipinski definition) is 1. The van der Waals surface area contributed by atoms with Gasteiger partial charge in [-0.1, -0.05) is 0 Å². The van der Waals surface area contributed by atoms with Gasteiger partial charge in [0.15, 0.2) is 23.3 Å². The van der Waals surface area contributed by atoms with Crippen LogP contribution in [0.2, 0.25) is 0 Å². The van der Waals surface area contributed by atoms with Crippen molar-refractivity contribution in [1.82, 2.24) is 0 Å². The number of hydrogen-bond acceptors (Lipinski definition) is 4. The maximum absolute atomic E-state index is 13.6. The Morgan fingerprint density at radius 1 is 0.962 bits per heavy atom. The van der Waals surface area contributed by atoms with E-state index in [0.29, 0.717) is 16.9 Å². The van der Waals surface area contributed by atoms with Crippen LogP contribution in [0.3, 0.4) is 0 Å². The van der Waals surface area contributed by atoms with Crippen molar-refractivity contribution in [2.24, 2.45) is 5.10 Å². The molecule has 2 aromatic carbocycles. The molecule has 1 N–H and O–H groups in total. The number of halogens is 5. The average molecular weight is 374 g/mol. The van der Waals surface area contributed by atoms with Crippen LogP contribution in [0.1, 0.15) is 18.1 Å². The van der Waals surface area contributed by atoms with Gasteiger partial charge in [0.1, 0.15) is 11.4 Å². The van der Waals surface area contributed by atoms with Gasteiger partial charge >= 0.3 is 0 Å². The van der Waals surface area contributed by atoms with Crippen molar-refractivity contribution in [3.63, 3.8) is 0 Å². The summed E-state index contributed by atoms with van der Waals surface area (Å²) < 4.78 is 76.9. The van der Waals surface area contributed by atoms with Crippen molar-refractivity contribution in [3.8, 4) is 5.75 Å². The van der Waals surface area contributed by atoms with Crippen molar-refractivity contribution in [1.29, 1.82) is 0 Å². The Morgan fingerprint density at radius 2 is 1.54 bits per heavy atom. The van der Waals surface area contributed by atoms with E-state index >= 15 is 0 Å². The quantitative estimate of drug-likeness (QED) is 0.268. The molecule has 140 valence electrons. The molecule has 0 aromatic heterocycles. The van der Waals surface area contributed by atoms with E-state index in [4.69, 9.17) is 9.47 Å². The van der Waals surface area contributed by atoms with Crippen LogP contribution >= 0.6 is 0 Å². The van der Waals surface area contributed by atoms with E-state index in [1.54, 1.807) is 18.2 Å². The molecule has 0 spiro atoms. The van der Waals surface area contributed by atoms with Gasteiger partial charge in [0.2, 0.25) is 5.82 Å². The molecule has 0 saturated heterocycles. The predicted molar refractivity (Wildman–Crippen MR) is 85.8 cm³/mol. The molecule has 0 amide bonds. The summed E-state index contributed by atoms with van der Waals surface area (Å²) >= 11 is 0. The first-order valence-electron chi connectivity index (χ1n) is 7.29. The molecule has 0 bridgehead atoms. The zero-order valence-electron chi connectivity index (χ0n) is 14.1. The molecule has 0 atom stereocenters. The first-order valence-corrected chi connectivity index (χ1v) is 7.29. The third-order valence-corrected chi connectivity index (χ3v) is 3.54. The summed E-state index contributed by atoms with van der Waals surface area (Å²) in [5.41, 5.74) is 2.14. The second-order valence-electron chi connectivity index (χ2n) is 5.21. The Balaban J connectivity index is 2.36. The van der Waals surface area contributed by atoms with Crippen molar-refractivity contribution in [3.05, 3.63) is 58.4 Å². The zero-order chi connectivity index (χ0) is 19.4. The highest BCUT2D eigenvalue weighted by molar-refractivity contribution is 5.99. The molecular weight excluding hydrogens is 359 g/mol. The Bertz CT molecular complexity index is 827. The van der Waals surface area contributed by atoms with Crippen molar-refractivity contribution in [2.75, 3.05) is 19.6 Å². The summed E-state index contributed by atoms with van der Waals surface area (Å²) in [7, 11) is 2.98.